The minimum absolute atomic E-state index is 0.147. The Morgan fingerprint density at radius 2 is 1.88 bits per heavy atom. The third-order valence-corrected chi connectivity index (χ3v) is 4.92. The summed E-state index contributed by atoms with van der Waals surface area (Å²) in [6.07, 6.45) is 3.49. The molecule has 0 heterocycles. The van der Waals surface area contributed by atoms with Crippen molar-refractivity contribution in [1.29, 1.82) is 0 Å². The minimum atomic E-state index is -0.402. The maximum absolute atomic E-state index is 12.0. The van der Waals surface area contributed by atoms with Crippen LogP contribution in [0.4, 0.5) is 0 Å². The molecule has 5 heteroatoms. The van der Waals surface area contributed by atoms with Crippen molar-refractivity contribution in [2.24, 2.45) is 11.8 Å². The molecule has 0 unspecified atom stereocenters. The summed E-state index contributed by atoms with van der Waals surface area (Å²) in [5.74, 6) is 1.19. The van der Waals surface area contributed by atoms with Crippen molar-refractivity contribution in [2.45, 2.75) is 45.6 Å². The summed E-state index contributed by atoms with van der Waals surface area (Å²) in [7, 11) is 1.59. The first-order chi connectivity index (χ1) is 11.5. The van der Waals surface area contributed by atoms with Crippen LogP contribution in [0.2, 0.25) is 0 Å². The Labute approximate surface area is 143 Å². The highest BCUT2D eigenvalue weighted by Gasteiger charge is 2.28. The zero-order chi connectivity index (χ0) is 17.5. The van der Waals surface area contributed by atoms with Gasteiger partial charge < -0.3 is 14.8 Å². The predicted molar refractivity (Wildman–Crippen MR) is 91.8 cm³/mol. The van der Waals surface area contributed by atoms with Gasteiger partial charge in [0.15, 0.2) is 6.61 Å². The van der Waals surface area contributed by atoms with Gasteiger partial charge in [-0.2, -0.15) is 0 Å². The molecule has 1 aliphatic carbocycles. The topological polar surface area (TPSA) is 64.6 Å². The van der Waals surface area contributed by atoms with Crippen LogP contribution in [0.15, 0.2) is 24.3 Å². The van der Waals surface area contributed by atoms with Crippen molar-refractivity contribution in [3.63, 3.8) is 0 Å². The average molecular weight is 333 g/mol. The molecule has 2 rings (SSSR count). The summed E-state index contributed by atoms with van der Waals surface area (Å²) in [5.41, 5.74) is 0.830. The van der Waals surface area contributed by atoms with Crippen LogP contribution in [0, 0.1) is 11.8 Å². The lowest BCUT2D eigenvalue weighted by molar-refractivity contribution is -0.148. The molecule has 0 saturated heterocycles. The molecule has 1 aromatic carbocycles. The van der Waals surface area contributed by atoms with E-state index < -0.39 is 5.97 Å². The van der Waals surface area contributed by atoms with E-state index in [0.717, 1.165) is 24.2 Å². The Hall–Kier alpha value is -2.04. The van der Waals surface area contributed by atoms with Crippen LogP contribution in [0.3, 0.4) is 0 Å². The fourth-order valence-electron chi connectivity index (χ4n) is 3.14. The second kappa shape index (κ2) is 8.71. The molecule has 3 atom stereocenters. The van der Waals surface area contributed by atoms with E-state index in [1.807, 2.05) is 12.1 Å². The maximum atomic E-state index is 12.0. The number of methoxy groups -OCH3 is 1. The van der Waals surface area contributed by atoms with E-state index in [1.165, 1.54) is 6.42 Å². The van der Waals surface area contributed by atoms with E-state index in [1.54, 1.807) is 19.2 Å². The first kappa shape index (κ1) is 18.3. The van der Waals surface area contributed by atoms with E-state index in [2.05, 4.69) is 19.2 Å². The van der Waals surface area contributed by atoms with Crippen molar-refractivity contribution in [3.8, 4) is 5.75 Å². The van der Waals surface area contributed by atoms with Crippen LogP contribution in [0.25, 0.3) is 0 Å². The van der Waals surface area contributed by atoms with Crippen LogP contribution in [-0.4, -0.2) is 31.6 Å². The summed E-state index contributed by atoms with van der Waals surface area (Å²) in [6.45, 7) is 4.18. The third kappa shape index (κ3) is 5.25. The van der Waals surface area contributed by atoms with E-state index in [9.17, 15) is 9.59 Å². The van der Waals surface area contributed by atoms with Gasteiger partial charge in [0.2, 0.25) is 0 Å². The molecule has 0 aliphatic heterocycles. The van der Waals surface area contributed by atoms with Crippen LogP contribution in [0.1, 0.15) is 38.7 Å². The molecule has 24 heavy (non-hydrogen) atoms. The zero-order valence-corrected chi connectivity index (χ0v) is 14.7. The molecule has 1 aliphatic rings. The quantitative estimate of drug-likeness (QED) is 0.813. The number of esters is 1. The standard InChI is InChI=1S/C19H27NO4/c1-13-5-4-6-17(14(13)2)20-18(21)12-24-19(22)11-15-7-9-16(23-3)10-8-15/h7-10,13-14,17H,4-6,11-12H2,1-3H3,(H,20,21)/t13-,14+,17-/m0/s1. The Morgan fingerprint density at radius 1 is 1.17 bits per heavy atom. The van der Waals surface area contributed by atoms with Gasteiger partial charge >= 0.3 is 5.97 Å². The minimum Gasteiger partial charge on any atom is -0.497 e. The van der Waals surface area contributed by atoms with Gasteiger partial charge in [-0.15, -0.1) is 0 Å². The van der Waals surface area contributed by atoms with E-state index >= 15 is 0 Å². The largest absolute Gasteiger partial charge is 0.497 e. The molecule has 1 amide bonds. The lowest BCUT2D eigenvalue weighted by Gasteiger charge is -2.34. The molecular formula is C19H27NO4. The smallest absolute Gasteiger partial charge is 0.310 e. The highest BCUT2D eigenvalue weighted by atomic mass is 16.5. The first-order valence-electron chi connectivity index (χ1n) is 8.57. The number of carbonyl (C=O) groups excluding carboxylic acids is 2. The van der Waals surface area contributed by atoms with Gasteiger partial charge in [-0.1, -0.05) is 38.8 Å². The highest BCUT2D eigenvalue weighted by Crippen LogP contribution is 2.29. The molecule has 1 aromatic rings. The number of ether oxygens (including phenoxy) is 2. The second-order valence-electron chi connectivity index (χ2n) is 6.63. The SMILES string of the molecule is COc1ccc(CC(=O)OCC(=O)N[C@H]2CCC[C@H](C)[C@H]2C)cc1. The lowest BCUT2D eigenvalue weighted by Crippen LogP contribution is -2.45. The van der Waals surface area contributed by atoms with Crippen molar-refractivity contribution < 1.29 is 19.1 Å². The summed E-state index contributed by atoms with van der Waals surface area (Å²) >= 11 is 0. The van der Waals surface area contributed by atoms with Crippen LogP contribution in [0.5, 0.6) is 5.75 Å². The Kier molecular flexibility index (Phi) is 6.64. The monoisotopic (exact) mass is 333 g/mol. The number of nitrogens with one attached hydrogen (secondary N) is 1. The van der Waals surface area contributed by atoms with Gasteiger partial charge in [0.1, 0.15) is 5.75 Å². The Bertz CT molecular complexity index is 555. The fraction of sp³-hybridized carbons (Fsp3) is 0.579. The van der Waals surface area contributed by atoms with Gasteiger partial charge in [-0.25, -0.2) is 0 Å². The number of carbonyl (C=O) groups is 2. The van der Waals surface area contributed by atoms with Gasteiger partial charge in [0, 0.05) is 6.04 Å². The number of rotatable bonds is 6. The van der Waals surface area contributed by atoms with Crippen molar-refractivity contribution in [2.75, 3.05) is 13.7 Å². The van der Waals surface area contributed by atoms with E-state index in [0.29, 0.717) is 11.8 Å². The molecule has 1 saturated carbocycles. The molecule has 1 fully saturated rings. The summed E-state index contributed by atoms with van der Waals surface area (Å²) in [4.78, 5) is 23.8. The summed E-state index contributed by atoms with van der Waals surface area (Å²) in [6, 6.07) is 7.39. The van der Waals surface area contributed by atoms with Crippen molar-refractivity contribution in [1.82, 2.24) is 5.32 Å². The number of hydrogen-bond donors (Lipinski definition) is 1. The number of hydrogen-bond acceptors (Lipinski definition) is 4. The zero-order valence-electron chi connectivity index (χ0n) is 14.7. The fourth-order valence-corrected chi connectivity index (χ4v) is 3.14. The van der Waals surface area contributed by atoms with E-state index in [4.69, 9.17) is 9.47 Å². The molecule has 132 valence electrons. The predicted octanol–water partition coefficient (Wildman–Crippen LogP) is 2.72. The Balaban J connectivity index is 1.73. The normalized spacial score (nSPS) is 23.4. The van der Waals surface area contributed by atoms with Gasteiger partial charge in [-0.05, 0) is 36.0 Å². The highest BCUT2D eigenvalue weighted by molar-refractivity contribution is 5.81. The maximum Gasteiger partial charge on any atom is 0.310 e. The lowest BCUT2D eigenvalue weighted by atomic mass is 9.78. The average Bonchev–Trinajstić information content (AvgIpc) is 2.58. The van der Waals surface area contributed by atoms with Crippen LogP contribution >= 0.6 is 0 Å². The molecule has 1 N–H and O–H groups in total. The van der Waals surface area contributed by atoms with Crippen molar-refractivity contribution in [3.05, 3.63) is 29.8 Å². The molecule has 0 bridgehead atoms. The summed E-state index contributed by atoms with van der Waals surface area (Å²) < 4.78 is 10.2. The van der Waals surface area contributed by atoms with Gasteiger partial charge in [0.05, 0.1) is 13.5 Å². The van der Waals surface area contributed by atoms with Gasteiger partial charge in [-0.3, -0.25) is 9.59 Å². The molecule has 0 aromatic heterocycles. The van der Waals surface area contributed by atoms with Crippen molar-refractivity contribution >= 4 is 11.9 Å². The van der Waals surface area contributed by atoms with E-state index in [-0.39, 0.29) is 25.0 Å². The number of benzene rings is 1. The summed E-state index contributed by atoms with van der Waals surface area (Å²) in [5, 5.41) is 3.00. The molecule has 5 nitrogen and oxygen atoms in total. The second-order valence-corrected chi connectivity index (χ2v) is 6.63. The first-order valence-corrected chi connectivity index (χ1v) is 8.57. The molecule has 0 spiro atoms. The molecular weight excluding hydrogens is 306 g/mol. The van der Waals surface area contributed by atoms with Gasteiger partial charge in [0.25, 0.3) is 5.91 Å². The Morgan fingerprint density at radius 3 is 2.54 bits per heavy atom. The molecule has 0 radical (unpaired) electrons. The van der Waals surface area contributed by atoms with Crippen LogP contribution < -0.4 is 10.1 Å². The number of amides is 1. The van der Waals surface area contributed by atoms with Crippen LogP contribution in [-0.2, 0) is 20.7 Å². The third-order valence-electron chi connectivity index (χ3n) is 4.92.